The molecule has 0 atom stereocenters. The summed E-state index contributed by atoms with van der Waals surface area (Å²) in [5.41, 5.74) is 0. The minimum atomic E-state index is 0.0795. The molecule has 0 aromatic carbocycles. The minimum absolute atomic E-state index is 0.0795. The lowest BCUT2D eigenvalue weighted by atomic mass is 10.4. The van der Waals surface area contributed by atoms with Gasteiger partial charge in [-0.05, 0) is 12.8 Å². The number of anilines is 3. The summed E-state index contributed by atoms with van der Waals surface area (Å²) in [5.74, 6) is 1.86. The second kappa shape index (κ2) is 5.81. The fraction of sp³-hybridized carbons (Fsp3) is 0.727. The van der Waals surface area contributed by atoms with Crippen LogP contribution in [0.2, 0.25) is 0 Å². The van der Waals surface area contributed by atoms with Gasteiger partial charge in [0, 0.05) is 33.7 Å². The zero-order valence-electron chi connectivity index (χ0n) is 10.9. The summed E-state index contributed by atoms with van der Waals surface area (Å²) in [6.45, 7) is 2.58. The molecule has 7 heteroatoms. The first kappa shape index (κ1) is 12.8. The van der Waals surface area contributed by atoms with Gasteiger partial charge in [-0.3, -0.25) is 0 Å². The Morgan fingerprint density at radius 1 is 1.28 bits per heavy atom. The summed E-state index contributed by atoms with van der Waals surface area (Å²) in [4.78, 5) is 17.1. The van der Waals surface area contributed by atoms with Gasteiger partial charge in [0.1, 0.15) is 0 Å². The van der Waals surface area contributed by atoms with Crippen molar-refractivity contribution in [3.8, 4) is 0 Å². The molecular formula is C11H20N6O. The summed E-state index contributed by atoms with van der Waals surface area (Å²) in [7, 11) is 3.65. The third-order valence-electron chi connectivity index (χ3n) is 3.00. The van der Waals surface area contributed by atoms with Gasteiger partial charge in [0.2, 0.25) is 17.8 Å². The van der Waals surface area contributed by atoms with Crippen molar-refractivity contribution in [1.29, 1.82) is 0 Å². The topological polar surface area (TPSA) is 77.4 Å². The van der Waals surface area contributed by atoms with E-state index in [4.69, 9.17) is 5.11 Å². The molecule has 2 heterocycles. The second-order valence-electron chi connectivity index (χ2n) is 4.35. The van der Waals surface area contributed by atoms with Crippen LogP contribution in [0.4, 0.5) is 17.8 Å². The number of nitrogens with zero attached hydrogens (tertiary/aromatic N) is 5. The monoisotopic (exact) mass is 252 g/mol. The minimum Gasteiger partial charge on any atom is -0.395 e. The molecule has 2 rings (SSSR count). The summed E-state index contributed by atoms with van der Waals surface area (Å²) < 4.78 is 0. The number of hydrogen-bond donors (Lipinski definition) is 2. The van der Waals surface area contributed by atoms with Gasteiger partial charge in [-0.25, -0.2) is 0 Å². The Kier molecular flexibility index (Phi) is 4.14. The molecule has 1 aliphatic rings. The van der Waals surface area contributed by atoms with Crippen molar-refractivity contribution in [2.45, 2.75) is 12.8 Å². The van der Waals surface area contributed by atoms with Crippen LogP contribution < -0.4 is 15.1 Å². The lowest BCUT2D eigenvalue weighted by Gasteiger charge is -2.20. The van der Waals surface area contributed by atoms with Crippen molar-refractivity contribution in [1.82, 2.24) is 15.0 Å². The van der Waals surface area contributed by atoms with Crippen molar-refractivity contribution in [3.63, 3.8) is 0 Å². The van der Waals surface area contributed by atoms with Crippen LogP contribution in [0, 0.1) is 0 Å². The molecule has 0 unspecified atom stereocenters. The van der Waals surface area contributed by atoms with Gasteiger partial charge in [0.05, 0.1) is 6.61 Å². The Hall–Kier alpha value is -1.63. The molecule has 7 nitrogen and oxygen atoms in total. The van der Waals surface area contributed by atoms with E-state index < -0.39 is 0 Å². The summed E-state index contributed by atoms with van der Waals surface area (Å²) in [6, 6.07) is 0. The maximum absolute atomic E-state index is 8.97. The average Bonchev–Trinajstić information content (AvgIpc) is 2.92. The van der Waals surface area contributed by atoms with Gasteiger partial charge in [-0.15, -0.1) is 0 Å². The molecule has 1 aromatic rings. The molecule has 0 bridgehead atoms. The van der Waals surface area contributed by atoms with Gasteiger partial charge < -0.3 is 20.2 Å². The molecule has 2 N–H and O–H groups in total. The van der Waals surface area contributed by atoms with Crippen LogP contribution in [-0.2, 0) is 0 Å². The highest BCUT2D eigenvalue weighted by atomic mass is 16.3. The lowest BCUT2D eigenvalue weighted by molar-refractivity contribution is 0.303. The molecule has 1 aliphatic heterocycles. The maximum Gasteiger partial charge on any atom is 0.231 e. The first-order valence-corrected chi connectivity index (χ1v) is 6.25. The van der Waals surface area contributed by atoms with Crippen LogP contribution in [0.3, 0.4) is 0 Å². The molecule has 1 saturated heterocycles. The van der Waals surface area contributed by atoms with Crippen molar-refractivity contribution >= 4 is 17.8 Å². The van der Waals surface area contributed by atoms with Crippen molar-refractivity contribution < 1.29 is 5.11 Å². The number of hydrogen-bond acceptors (Lipinski definition) is 7. The van der Waals surface area contributed by atoms with E-state index in [1.807, 2.05) is 11.9 Å². The Balaban J connectivity index is 2.26. The maximum atomic E-state index is 8.97. The standard InChI is InChI=1S/C11H20N6O/c1-12-9-13-10(16(2)7-8-18)15-11(14-9)17-5-3-4-6-17/h18H,3-8H2,1-2H3,(H,12,13,14,15). The third-order valence-corrected chi connectivity index (χ3v) is 3.00. The zero-order chi connectivity index (χ0) is 13.0. The highest BCUT2D eigenvalue weighted by Crippen LogP contribution is 2.19. The van der Waals surface area contributed by atoms with Gasteiger partial charge in [0.25, 0.3) is 0 Å². The van der Waals surface area contributed by atoms with Crippen LogP contribution in [-0.4, -0.2) is 60.4 Å². The molecule has 1 aromatic heterocycles. The Bertz CT molecular complexity index is 393. The van der Waals surface area contributed by atoms with Crippen LogP contribution in [0.15, 0.2) is 0 Å². The largest absolute Gasteiger partial charge is 0.395 e. The van der Waals surface area contributed by atoms with Crippen molar-refractivity contribution in [2.24, 2.45) is 0 Å². The summed E-state index contributed by atoms with van der Waals surface area (Å²) in [5, 5.41) is 11.9. The molecule has 0 amide bonds. The first-order valence-electron chi connectivity index (χ1n) is 6.25. The predicted molar refractivity (Wildman–Crippen MR) is 71.2 cm³/mol. The smallest absolute Gasteiger partial charge is 0.231 e. The number of rotatable bonds is 5. The van der Waals surface area contributed by atoms with E-state index in [0.29, 0.717) is 24.4 Å². The van der Waals surface area contributed by atoms with Crippen LogP contribution in [0.5, 0.6) is 0 Å². The Labute approximate surface area is 107 Å². The van der Waals surface area contributed by atoms with Crippen LogP contribution in [0.1, 0.15) is 12.8 Å². The number of aromatic nitrogens is 3. The third kappa shape index (κ3) is 2.79. The number of nitrogens with one attached hydrogen (secondary N) is 1. The van der Waals surface area contributed by atoms with Crippen LogP contribution >= 0.6 is 0 Å². The van der Waals surface area contributed by atoms with Crippen molar-refractivity contribution in [3.05, 3.63) is 0 Å². The Morgan fingerprint density at radius 2 is 2.00 bits per heavy atom. The molecule has 100 valence electrons. The predicted octanol–water partition coefficient (Wildman–Crippen LogP) is -0.0580. The van der Waals surface area contributed by atoms with E-state index in [2.05, 4.69) is 25.2 Å². The van der Waals surface area contributed by atoms with Gasteiger partial charge >= 0.3 is 0 Å². The highest BCUT2D eigenvalue weighted by Gasteiger charge is 2.18. The molecule has 0 saturated carbocycles. The van der Waals surface area contributed by atoms with E-state index in [9.17, 15) is 0 Å². The van der Waals surface area contributed by atoms with Gasteiger partial charge in [-0.1, -0.05) is 0 Å². The molecule has 0 aliphatic carbocycles. The van der Waals surface area contributed by atoms with Gasteiger partial charge in [-0.2, -0.15) is 15.0 Å². The average molecular weight is 252 g/mol. The van der Waals surface area contributed by atoms with Crippen molar-refractivity contribution in [2.75, 3.05) is 55.5 Å². The summed E-state index contributed by atoms with van der Waals surface area (Å²) in [6.07, 6.45) is 2.37. The number of likely N-dealkylation sites (N-methyl/N-ethyl adjacent to an activating group) is 1. The number of aliphatic hydroxyl groups is 1. The van der Waals surface area contributed by atoms with E-state index in [1.54, 1.807) is 7.05 Å². The first-order chi connectivity index (χ1) is 8.74. The van der Waals surface area contributed by atoms with E-state index >= 15 is 0 Å². The SMILES string of the molecule is CNc1nc(N(C)CCO)nc(N2CCCC2)n1. The molecule has 1 fully saturated rings. The summed E-state index contributed by atoms with van der Waals surface area (Å²) >= 11 is 0. The Morgan fingerprint density at radius 3 is 2.61 bits per heavy atom. The number of aliphatic hydroxyl groups excluding tert-OH is 1. The fourth-order valence-electron chi connectivity index (χ4n) is 1.94. The highest BCUT2D eigenvalue weighted by molar-refractivity contribution is 5.45. The van der Waals surface area contributed by atoms with E-state index in [1.165, 1.54) is 12.8 Å². The lowest BCUT2D eigenvalue weighted by Crippen LogP contribution is -2.27. The molecule has 0 spiro atoms. The molecule has 18 heavy (non-hydrogen) atoms. The van der Waals surface area contributed by atoms with Crippen LogP contribution in [0.25, 0.3) is 0 Å². The quantitative estimate of drug-likeness (QED) is 0.760. The molecular weight excluding hydrogens is 232 g/mol. The second-order valence-corrected chi connectivity index (χ2v) is 4.35. The molecule has 0 radical (unpaired) electrons. The van der Waals surface area contributed by atoms with E-state index in [-0.39, 0.29) is 6.61 Å². The fourth-order valence-corrected chi connectivity index (χ4v) is 1.94. The van der Waals surface area contributed by atoms with Gasteiger partial charge in [0.15, 0.2) is 0 Å². The van der Waals surface area contributed by atoms with E-state index in [0.717, 1.165) is 13.1 Å². The normalized spacial score (nSPS) is 14.9. The zero-order valence-corrected chi connectivity index (χ0v) is 10.9.